The fourth-order valence-corrected chi connectivity index (χ4v) is 6.94. The predicted octanol–water partition coefficient (Wildman–Crippen LogP) is 2.79. The van der Waals surface area contributed by atoms with Crippen molar-refractivity contribution in [2.24, 2.45) is 16.7 Å². The largest absolute Gasteiger partial charge is 0.338 e. The molecule has 0 heterocycles. The molecule has 2 bridgehead atoms. The van der Waals surface area contributed by atoms with Gasteiger partial charge in [0.1, 0.15) is 0 Å². The maximum atomic E-state index is 12.1. The van der Waals surface area contributed by atoms with Crippen molar-refractivity contribution in [3.63, 3.8) is 0 Å². The van der Waals surface area contributed by atoms with E-state index in [4.69, 9.17) is 4.89 Å². The van der Waals surface area contributed by atoms with Crippen LogP contribution in [0, 0.1) is 16.7 Å². The number of hydrogen-bond donors (Lipinski definition) is 2. The summed E-state index contributed by atoms with van der Waals surface area (Å²) >= 11 is 0. The van der Waals surface area contributed by atoms with Crippen LogP contribution in [-0.4, -0.2) is 15.4 Å². The smallest absolute Gasteiger partial charge is 0.326 e. The Morgan fingerprint density at radius 2 is 2.00 bits per heavy atom. The van der Waals surface area contributed by atoms with Crippen LogP contribution < -0.4 is 0 Å². The Labute approximate surface area is 102 Å². The fraction of sp³-hybridized carbons (Fsp3) is 1.00. The Bertz CT molecular complexity index is 408. The molecular formula is C10H20O5P2. The van der Waals surface area contributed by atoms with Crippen LogP contribution in [0.25, 0.3) is 0 Å². The molecule has 0 amide bonds. The van der Waals surface area contributed by atoms with Gasteiger partial charge in [0.15, 0.2) is 0 Å². The van der Waals surface area contributed by atoms with Crippen molar-refractivity contribution >= 4 is 15.9 Å². The van der Waals surface area contributed by atoms with Crippen LogP contribution in [0.5, 0.6) is 0 Å². The molecule has 5 unspecified atom stereocenters. The third-order valence-electron chi connectivity index (χ3n) is 5.35. The Morgan fingerprint density at radius 3 is 2.35 bits per heavy atom. The van der Waals surface area contributed by atoms with Crippen LogP contribution in [0.1, 0.15) is 40.0 Å². The van der Waals surface area contributed by atoms with E-state index in [-0.39, 0.29) is 10.8 Å². The summed E-state index contributed by atoms with van der Waals surface area (Å²) in [6.07, 6.45) is 2.57. The molecule has 0 saturated heterocycles. The van der Waals surface area contributed by atoms with E-state index in [2.05, 4.69) is 18.2 Å². The molecule has 5 atom stereocenters. The first-order valence-electron chi connectivity index (χ1n) is 5.86. The number of hydrogen-bond acceptors (Lipinski definition) is 3. The van der Waals surface area contributed by atoms with Gasteiger partial charge in [-0.05, 0) is 36.0 Å². The van der Waals surface area contributed by atoms with Gasteiger partial charge in [-0.15, -0.1) is 0 Å². The molecule has 2 fully saturated rings. The van der Waals surface area contributed by atoms with Gasteiger partial charge in [0.05, 0.1) is 5.66 Å². The van der Waals surface area contributed by atoms with Crippen LogP contribution in [0.4, 0.5) is 0 Å². The summed E-state index contributed by atoms with van der Waals surface area (Å²) in [4.78, 5) is 18.6. The summed E-state index contributed by atoms with van der Waals surface area (Å²) in [6.45, 7) is 6.24. The monoisotopic (exact) mass is 282 g/mol. The van der Waals surface area contributed by atoms with E-state index in [0.717, 1.165) is 12.8 Å². The Kier molecular flexibility index (Phi) is 3.17. The van der Waals surface area contributed by atoms with Crippen molar-refractivity contribution in [1.82, 2.24) is 0 Å². The van der Waals surface area contributed by atoms with Crippen molar-refractivity contribution in [1.29, 1.82) is 0 Å². The molecule has 2 aliphatic rings. The van der Waals surface area contributed by atoms with Gasteiger partial charge in [-0.3, -0.25) is 9.13 Å². The third kappa shape index (κ3) is 1.87. The van der Waals surface area contributed by atoms with Gasteiger partial charge in [0.2, 0.25) is 0 Å². The van der Waals surface area contributed by atoms with Gasteiger partial charge >= 0.3 is 15.9 Å². The molecule has 7 heteroatoms. The lowest BCUT2D eigenvalue weighted by atomic mass is 9.71. The molecule has 0 aromatic carbocycles. The highest BCUT2D eigenvalue weighted by Gasteiger charge is 2.66. The summed E-state index contributed by atoms with van der Waals surface area (Å²) in [5.74, 6) is 0.405. The minimum absolute atomic E-state index is 0.00927. The van der Waals surface area contributed by atoms with Gasteiger partial charge in [0.25, 0.3) is 0 Å². The van der Waals surface area contributed by atoms with E-state index in [1.807, 2.05) is 6.92 Å². The molecule has 2 rings (SSSR count). The molecule has 0 aromatic heterocycles. The maximum Gasteiger partial charge on any atom is 0.338 e. The minimum Gasteiger partial charge on any atom is -0.326 e. The second kappa shape index (κ2) is 3.91. The molecule has 0 spiro atoms. The van der Waals surface area contributed by atoms with Crippen LogP contribution in [-0.2, 0) is 13.4 Å². The molecule has 2 saturated carbocycles. The van der Waals surface area contributed by atoms with Gasteiger partial charge in [-0.2, -0.15) is 0 Å². The zero-order valence-corrected chi connectivity index (χ0v) is 12.2. The lowest BCUT2D eigenvalue weighted by molar-refractivity contribution is 0.146. The lowest BCUT2D eigenvalue weighted by Gasteiger charge is -2.39. The van der Waals surface area contributed by atoms with E-state index in [1.54, 1.807) is 0 Å². The van der Waals surface area contributed by atoms with Gasteiger partial charge < -0.3 is 9.79 Å². The molecule has 0 aromatic rings. The number of fused-ring (bicyclic) bond motifs is 2. The fourth-order valence-electron chi connectivity index (χ4n) is 3.83. The third-order valence-corrected chi connectivity index (χ3v) is 8.59. The molecule has 2 aliphatic carbocycles. The van der Waals surface area contributed by atoms with E-state index in [1.165, 1.54) is 0 Å². The van der Waals surface area contributed by atoms with E-state index >= 15 is 0 Å². The van der Waals surface area contributed by atoms with Crippen molar-refractivity contribution < 1.29 is 23.2 Å². The summed E-state index contributed by atoms with van der Waals surface area (Å²) in [5.41, 5.74) is -0.797. The van der Waals surface area contributed by atoms with E-state index < -0.39 is 21.5 Å². The first-order chi connectivity index (χ1) is 7.61. The van der Waals surface area contributed by atoms with Crippen molar-refractivity contribution in [2.75, 3.05) is 0 Å². The molecule has 0 aliphatic heterocycles. The van der Waals surface area contributed by atoms with Crippen molar-refractivity contribution in [3.8, 4) is 0 Å². The van der Waals surface area contributed by atoms with Crippen LogP contribution >= 0.6 is 15.9 Å². The average Bonchev–Trinajstić information content (AvgIpc) is 2.46. The van der Waals surface area contributed by atoms with Gasteiger partial charge in [-0.25, -0.2) is 4.31 Å². The first kappa shape index (κ1) is 13.8. The van der Waals surface area contributed by atoms with E-state index in [9.17, 15) is 14.0 Å². The van der Waals surface area contributed by atoms with Crippen LogP contribution in [0.15, 0.2) is 0 Å². The first-order valence-corrected chi connectivity index (χ1v) is 8.77. The summed E-state index contributed by atoms with van der Waals surface area (Å²) < 4.78 is 27.2. The van der Waals surface area contributed by atoms with Crippen LogP contribution in [0.2, 0.25) is 0 Å². The van der Waals surface area contributed by atoms with E-state index in [0.29, 0.717) is 12.3 Å². The van der Waals surface area contributed by atoms with Crippen molar-refractivity contribution in [3.05, 3.63) is 0 Å². The molecule has 2 N–H and O–H groups in total. The number of rotatable bonds is 3. The zero-order valence-electron chi connectivity index (χ0n) is 10.3. The highest BCUT2D eigenvalue weighted by Crippen LogP contribution is 2.75. The normalized spacial score (nSPS) is 44.5. The summed E-state index contributed by atoms with van der Waals surface area (Å²) in [7, 11) is -7.37. The summed E-state index contributed by atoms with van der Waals surface area (Å²) in [5, 5.41) is 0. The Balaban J connectivity index is 2.32. The van der Waals surface area contributed by atoms with Crippen LogP contribution in [0.3, 0.4) is 0 Å². The SMILES string of the molecule is CC1(C)C2CCC1(C)C(P(=O)(O)O[PH](=O)O)C2. The highest BCUT2D eigenvalue weighted by atomic mass is 31.2. The zero-order chi connectivity index (χ0) is 13.1. The quantitative estimate of drug-likeness (QED) is 0.777. The molecular weight excluding hydrogens is 262 g/mol. The van der Waals surface area contributed by atoms with Gasteiger partial charge in [0, 0.05) is 0 Å². The van der Waals surface area contributed by atoms with Crippen molar-refractivity contribution in [2.45, 2.75) is 45.7 Å². The second-order valence-corrected chi connectivity index (χ2v) is 9.06. The highest BCUT2D eigenvalue weighted by molar-refractivity contribution is 7.60. The molecule has 5 nitrogen and oxygen atoms in total. The minimum atomic E-state index is -4.00. The predicted molar refractivity (Wildman–Crippen MR) is 65.1 cm³/mol. The average molecular weight is 282 g/mol. The topological polar surface area (TPSA) is 83.8 Å². The summed E-state index contributed by atoms with van der Waals surface area (Å²) in [6, 6.07) is 0. The molecule has 17 heavy (non-hydrogen) atoms. The lowest BCUT2D eigenvalue weighted by Crippen LogP contribution is -2.35. The Morgan fingerprint density at radius 1 is 1.41 bits per heavy atom. The van der Waals surface area contributed by atoms with Gasteiger partial charge in [-0.1, -0.05) is 20.8 Å². The standard InChI is InChI=1S/C10H20O5P2/c1-9(2)7-4-5-10(9,3)8(6-7)17(13,14)15-16(11)12/h7-8,16H,4-6H2,1-3H3,(H,11,12)(H,13,14). The molecule has 0 radical (unpaired) electrons. The second-order valence-electron chi connectivity index (χ2n) is 6.05. The molecule has 100 valence electrons. The maximum absolute atomic E-state index is 12.1. The Hall–Kier alpha value is 0.340.